The van der Waals surface area contributed by atoms with Crippen molar-refractivity contribution in [3.05, 3.63) is 35.5 Å². The third-order valence-corrected chi connectivity index (χ3v) is 5.06. The number of aromatic amines is 1. The minimum absolute atomic E-state index is 0.162. The van der Waals surface area contributed by atoms with Crippen molar-refractivity contribution >= 4 is 17.0 Å². The summed E-state index contributed by atoms with van der Waals surface area (Å²) in [5.74, 6) is 0.443. The number of aromatic nitrogens is 1. The molecular weight excluding hydrogens is 340 g/mol. The van der Waals surface area contributed by atoms with E-state index in [1.54, 1.807) is 4.90 Å². The van der Waals surface area contributed by atoms with Crippen LogP contribution in [0.5, 0.6) is 0 Å². The van der Waals surface area contributed by atoms with E-state index in [0.717, 1.165) is 11.1 Å². The lowest BCUT2D eigenvalue weighted by molar-refractivity contribution is -0.100. The number of hydrogen-bond acceptors (Lipinski definition) is 3. The third-order valence-electron chi connectivity index (χ3n) is 5.06. The Morgan fingerprint density at radius 1 is 1.33 bits per heavy atom. The number of amides is 1. The van der Waals surface area contributed by atoms with Crippen LogP contribution >= 0.6 is 0 Å². The number of benzene rings is 1. The normalized spacial score (nSPS) is 20.3. The first-order valence-corrected chi connectivity index (χ1v) is 9.71. The first kappa shape index (κ1) is 19.7. The molecule has 0 radical (unpaired) electrons. The largest absolute Gasteiger partial charge is 0.444 e. The van der Waals surface area contributed by atoms with Crippen LogP contribution in [0.1, 0.15) is 71.6 Å². The van der Waals surface area contributed by atoms with Crippen LogP contribution in [0.4, 0.5) is 4.79 Å². The van der Waals surface area contributed by atoms with Crippen LogP contribution in [-0.2, 0) is 9.47 Å². The second kappa shape index (κ2) is 6.86. The van der Waals surface area contributed by atoms with E-state index in [4.69, 9.17) is 9.47 Å². The second-order valence-corrected chi connectivity index (χ2v) is 9.41. The number of nitrogens with one attached hydrogen (secondary N) is 1. The van der Waals surface area contributed by atoms with Gasteiger partial charge in [0.1, 0.15) is 11.7 Å². The van der Waals surface area contributed by atoms with Crippen molar-refractivity contribution in [2.24, 2.45) is 0 Å². The minimum Gasteiger partial charge on any atom is -0.444 e. The summed E-state index contributed by atoms with van der Waals surface area (Å²) in [5.41, 5.74) is 2.60. The van der Waals surface area contributed by atoms with Crippen LogP contribution < -0.4 is 0 Å². The average molecular weight is 373 g/mol. The third kappa shape index (κ3) is 4.13. The van der Waals surface area contributed by atoms with Gasteiger partial charge in [-0.05, 0) is 63.8 Å². The summed E-state index contributed by atoms with van der Waals surface area (Å²) < 4.78 is 11.8. The van der Waals surface area contributed by atoms with Crippen LogP contribution in [0.25, 0.3) is 10.9 Å². The standard InChI is InChI=1S/C22H32N2O3/c1-14(2)17-11-23-18-9-8-15(10-16(17)18)19-12-24(22(6,7)13-26-19)20(25)27-21(3,4)5/h8-11,14,19,23H,12-13H2,1-7H3. The smallest absolute Gasteiger partial charge is 0.410 e. The Kier molecular flexibility index (Phi) is 5.02. The van der Waals surface area contributed by atoms with Crippen molar-refractivity contribution in [3.63, 3.8) is 0 Å². The molecule has 1 N–H and O–H groups in total. The van der Waals surface area contributed by atoms with Crippen LogP contribution in [-0.4, -0.2) is 40.3 Å². The molecule has 5 heteroatoms. The number of morpholine rings is 1. The number of nitrogens with zero attached hydrogens (tertiary/aromatic N) is 1. The van der Waals surface area contributed by atoms with E-state index in [1.165, 1.54) is 10.9 Å². The molecule has 148 valence electrons. The van der Waals surface area contributed by atoms with Crippen LogP contribution in [0, 0.1) is 0 Å². The zero-order chi connectivity index (χ0) is 20.0. The van der Waals surface area contributed by atoms with Crippen LogP contribution in [0.15, 0.2) is 24.4 Å². The molecule has 5 nitrogen and oxygen atoms in total. The fourth-order valence-corrected chi connectivity index (χ4v) is 3.53. The van der Waals surface area contributed by atoms with E-state index in [2.05, 4.69) is 43.2 Å². The van der Waals surface area contributed by atoms with Gasteiger partial charge < -0.3 is 14.5 Å². The van der Waals surface area contributed by atoms with Crippen molar-refractivity contribution in [3.8, 4) is 0 Å². The van der Waals surface area contributed by atoms with Gasteiger partial charge in [0, 0.05) is 17.1 Å². The summed E-state index contributed by atoms with van der Waals surface area (Å²) in [6.07, 6.45) is 1.63. The SMILES string of the molecule is CC(C)c1c[nH]c2ccc(C3CN(C(=O)OC(C)(C)C)C(C)(C)CO3)cc12. The van der Waals surface area contributed by atoms with Gasteiger partial charge in [0.25, 0.3) is 0 Å². The molecule has 27 heavy (non-hydrogen) atoms. The van der Waals surface area contributed by atoms with Gasteiger partial charge in [-0.15, -0.1) is 0 Å². The maximum atomic E-state index is 12.8. The average Bonchev–Trinajstić information content (AvgIpc) is 2.96. The summed E-state index contributed by atoms with van der Waals surface area (Å²) in [5, 5.41) is 1.22. The molecule has 3 rings (SSSR count). The molecule has 2 aromatic rings. The molecule has 1 amide bonds. The van der Waals surface area contributed by atoms with E-state index in [9.17, 15) is 4.79 Å². The molecule has 0 bridgehead atoms. The Balaban J connectivity index is 1.88. The number of carbonyl (C=O) groups excluding carboxylic acids is 1. The fraction of sp³-hybridized carbons (Fsp3) is 0.591. The van der Waals surface area contributed by atoms with Gasteiger partial charge >= 0.3 is 6.09 Å². The molecule has 1 aromatic heterocycles. The van der Waals surface area contributed by atoms with E-state index in [0.29, 0.717) is 19.1 Å². The summed E-state index contributed by atoms with van der Waals surface area (Å²) in [6.45, 7) is 15.0. The van der Waals surface area contributed by atoms with Gasteiger partial charge in [-0.1, -0.05) is 19.9 Å². The lowest BCUT2D eigenvalue weighted by Crippen LogP contribution is -2.57. The number of fused-ring (bicyclic) bond motifs is 1. The Morgan fingerprint density at radius 3 is 2.67 bits per heavy atom. The van der Waals surface area contributed by atoms with Crippen molar-refractivity contribution < 1.29 is 14.3 Å². The minimum atomic E-state index is -0.517. The van der Waals surface area contributed by atoms with E-state index in [-0.39, 0.29) is 12.2 Å². The Hall–Kier alpha value is -2.01. The number of H-pyrrole nitrogens is 1. The highest BCUT2D eigenvalue weighted by molar-refractivity contribution is 5.84. The molecule has 0 saturated carbocycles. The molecule has 1 aliphatic rings. The van der Waals surface area contributed by atoms with Gasteiger partial charge in [-0.25, -0.2) is 4.79 Å². The summed E-state index contributed by atoms with van der Waals surface area (Å²) in [6, 6.07) is 6.37. The summed E-state index contributed by atoms with van der Waals surface area (Å²) in [4.78, 5) is 17.9. The highest BCUT2D eigenvalue weighted by Crippen LogP contribution is 2.34. The van der Waals surface area contributed by atoms with Gasteiger partial charge in [-0.2, -0.15) is 0 Å². The molecule has 0 spiro atoms. The molecule has 1 aliphatic heterocycles. The van der Waals surface area contributed by atoms with Crippen molar-refractivity contribution in [1.82, 2.24) is 9.88 Å². The first-order chi connectivity index (χ1) is 12.5. The molecule has 1 unspecified atom stereocenters. The number of rotatable bonds is 2. The molecule has 1 saturated heterocycles. The van der Waals surface area contributed by atoms with Crippen LogP contribution in [0.2, 0.25) is 0 Å². The first-order valence-electron chi connectivity index (χ1n) is 9.71. The lowest BCUT2D eigenvalue weighted by atomic mass is 9.96. The van der Waals surface area contributed by atoms with E-state index >= 15 is 0 Å². The maximum absolute atomic E-state index is 12.8. The predicted octanol–water partition coefficient (Wildman–Crippen LogP) is 5.38. The summed E-state index contributed by atoms with van der Waals surface area (Å²) in [7, 11) is 0. The van der Waals surface area contributed by atoms with Crippen molar-refractivity contribution in [2.75, 3.05) is 13.2 Å². The van der Waals surface area contributed by atoms with Crippen molar-refractivity contribution in [1.29, 1.82) is 0 Å². The lowest BCUT2D eigenvalue weighted by Gasteiger charge is -2.45. The quantitative estimate of drug-likeness (QED) is 0.770. The fourth-order valence-electron chi connectivity index (χ4n) is 3.53. The monoisotopic (exact) mass is 372 g/mol. The number of ether oxygens (including phenoxy) is 2. The number of carbonyl (C=O) groups is 1. The molecular formula is C22H32N2O3. The van der Waals surface area contributed by atoms with E-state index < -0.39 is 11.1 Å². The maximum Gasteiger partial charge on any atom is 0.410 e. The number of hydrogen-bond donors (Lipinski definition) is 1. The zero-order valence-corrected chi connectivity index (χ0v) is 17.6. The van der Waals surface area contributed by atoms with Gasteiger partial charge in [0.15, 0.2) is 0 Å². The molecule has 1 atom stereocenters. The van der Waals surface area contributed by atoms with Gasteiger partial charge in [0.05, 0.1) is 18.7 Å². The Labute approximate surface area is 162 Å². The molecule has 1 fully saturated rings. The Bertz CT molecular complexity index is 830. The second-order valence-electron chi connectivity index (χ2n) is 9.41. The summed E-state index contributed by atoms with van der Waals surface area (Å²) >= 11 is 0. The highest BCUT2D eigenvalue weighted by Gasteiger charge is 2.40. The predicted molar refractivity (Wildman–Crippen MR) is 108 cm³/mol. The highest BCUT2D eigenvalue weighted by atomic mass is 16.6. The Morgan fingerprint density at radius 2 is 2.04 bits per heavy atom. The van der Waals surface area contributed by atoms with Crippen molar-refractivity contribution in [2.45, 2.75) is 71.6 Å². The van der Waals surface area contributed by atoms with Crippen LogP contribution in [0.3, 0.4) is 0 Å². The molecule has 0 aliphatic carbocycles. The topological polar surface area (TPSA) is 54.6 Å². The van der Waals surface area contributed by atoms with Gasteiger partial charge in [0.2, 0.25) is 0 Å². The molecule has 2 heterocycles. The molecule has 1 aromatic carbocycles. The van der Waals surface area contributed by atoms with E-state index in [1.807, 2.05) is 34.6 Å². The zero-order valence-electron chi connectivity index (χ0n) is 17.6. The van der Waals surface area contributed by atoms with Gasteiger partial charge in [-0.3, -0.25) is 4.90 Å².